The van der Waals surface area contributed by atoms with Gasteiger partial charge in [-0.2, -0.15) is 0 Å². The molecule has 0 radical (unpaired) electrons. The van der Waals surface area contributed by atoms with Crippen LogP contribution in [0, 0.1) is 0 Å². The predicted octanol–water partition coefficient (Wildman–Crippen LogP) is 2.02. The molecule has 0 aromatic carbocycles. The molecule has 5 nitrogen and oxygen atoms in total. The second kappa shape index (κ2) is 10.7. The van der Waals surface area contributed by atoms with Gasteiger partial charge in [-0.25, -0.2) is 0 Å². The van der Waals surface area contributed by atoms with Crippen LogP contribution in [0.3, 0.4) is 0 Å². The third kappa shape index (κ3) is 9.81. The van der Waals surface area contributed by atoms with Crippen LogP contribution in [0.4, 0.5) is 0 Å². The van der Waals surface area contributed by atoms with Crippen molar-refractivity contribution in [2.24, 2.45) is 0 Å². The molecule has 0 unspecified atom stereocenters. The number of carbonyl (C=O) groups is 3. The zero-order chi connectivity index (χ0) is 13.8. The fourth-order valence-electron chi connectivity index (χ4n) is 1.46. The van der Waals surface area contributed by atoms with Gasteiger partial charge < -0.3 is 9.47 Å². The summed E-state index contributed by atoms with van der Waals surface area (Å²) in [4.78, 5) is 33.3. The van der Waals surface area contributed by atoms with E-state index in [1.165, 1.54) is 0 Å². The first kappa shape index (κ1) is 16.6. The molecule has 0 saturated heterocycles. The van der Waals surface area contributed by atoms with Crippen molar-refractivity contribution in [3.05, 3.63) is 0 Å². The highest BCUT2D eigenvalue weighted by molar-refractivity contribution is 5.95. The van der Waals surface area contributed by atoms with Crippen molar-refractivity contribution < 1.29 is 23.9 Å². The summed E-state index contributed by atoms with van der Waals surface area (Å²) < 4.78 is 9.46. The molecule has 0 saturated carbocycles. The lowest BCUT2D eigenvalue weighted by Crippen LogP contribution is -2.11. The van der Waals surface area contributed by atoms with Gasteiger partial charge in [0.1, 0.15) is 12.2 Å². The van der Waals surface area contributed by atoms with Gasteiger partial charge in [0.2, 0.25) is 0 Å². The van der Waals surface area contributed by atoms with E-state index in [9.17, 15) is 14.4 Å². The molecular weight excluding hydrogens is 236 g/mol. The summed E-state index contributed by atoms with van der Waals surface area (Å²) in [6.45, 7) is 4.17. The van der Waals surface area contributed by atoms with Crippen molar-refractivity contribution in [3.8, 4) is 0 Å². The highest BCUT2D eigenvalue weighted by Gasteiger charge is 2.09. The fraction of sp³-hybridized carbons (Fsp3) is 0.769. The number of rotatable bonds is 10. The van der Waals surface area contributed by atoms with E-state index in [0.717, 1.165) is 6.42 Å². The zero-order valence-electron chi connectivity index (χ0n) is 11.2. The molecule has 0 spiro atoms. The number of hydrogen-bond donors (Lipinski definition) is 0. The molecule has 104 valence electrons. The summed E-state index contributed by atoms with van der Waals surface area (Å²) in [5.74, 6) is -0.769. The van der Waals surface area contributed by atoms with Crippen LogP contribution in [0.2, 0.25) is 0 Å². The van der Waals surface area contributed by atoms with Gasteiger partial charge in [0.15, 0.2) is 0 Å². The first-order valence-electron chi connectivity index (χ1n) is 6.43. The van der Waals surface area contributed by atoms with E-state index in [1.807, 2.05) is 0 Å². The maximum Gasteiger partial charge on any atom is 0.313 e. The van der Waals surface area contributed by atoms with Gasteiger partial charge in [-0.3, -0.25) is 14.4 Å². The second-order valence-electron chi connectivity index (χ2n) is 3.89. The van der Waals surface area contributed by atoms with Crippen molar-refractivity contribution in [2.45, 2.75) is 52.4 Å². The molecule has 0 rings (SSSR count). The summed E-state index contributed by atoms with van der Waals surface area (Å²) in [6.07, 6.45) is 2.80. The van der Waals surface area contributed by atoms with E-state index in [2.05, 4.69) is 4.74 Å². The Morgan fingerprint density at radius 3 is 1.94 bits per heavy atom. The lowest BCUT2D eigenvalue weighted by atomic mass is 10.1. The Morgan fingerprint density at radius 2 is 1.33 bits per heavy atom. The molecular formula is C13H22O5. The van der Waals surface area contributed by atoms with Crippen LogP contribution in [0.1, 0.15) is 52.4 Å². The molecule has 0 bridgehead atoms. The van der Waals surface area contributed by atoms with Crippen LogP contribution in [0.25, 0.3) is 0 Å². The second-order valence-corrected chi connectivity index (χ2v) is 3.89. The van der Waals surface area contributed by atoms with Gasteiger partial charge in [-0.05, 0) is 26.7 Å². The number of ketones is 1. The van der Waals surface area contributed by atoms with Gasteiger partial charge in [0.05, 0.1) is 13.2 Å². The Balaban J connectivity index is 3.46. The van der Waals surface area contributed by atoms with E-state index < -0.39 is 5.97 Å². The van der Waals surface area contributed by atoms with Crippen LogP contribution in [-0.2, 0) is 23.9 Å². The molecule has 0 aliphatic carbocycles. The average molecular weight is 258 g/mol. The Hall–Kier alpha value is -1.39. The average Bonchev–Trinajstić information content (AvgIpc) is 2.29. The Bertz CT molecular complexity index is 273. The number of carbonyl (C=O) groups excluding carboxylic acids is 3. The number of hydrogen-bond acceptors (Lipinski definition) is 5. The number of unbranched alkanes of at least 4 members (excludes halogenated alkanes) is 2. The minimum absolute atomic E-state index is 0.107. The van der Waals surface area contributed by atoms with E-state index in [0.29, 0.717) is 38.9 Å². The van der Waals surface area contributed by atoms with E-state index in [-0.39, 0.29) is 18.2 Å². The normalized spacial score (nSPS) is 9.89. The smallest absolute Gasteiger partial charge is 0.313 e. The molecule has 0 N–H and O–H groups in total. The third-order valence-electron chi connectivity index (χ3n) is 2.29. The fourth-order valence-corrected chi connectivity index (χ4v) is 1.46. The van der Waals surface area contributed by atoms with Crippen LogP contribution in [0.15, 0.2) is 0 Å². The quantitative estimate of drug-likeness (QED) is 0.340. The zero-order valence-corrected chi connectivity index (χ0v) is 11.2. The summed E-state index contributed by atoms with van der Waals surface area (Å²) in [5.41, 5.74) is 0. The van der Waals surface area contributed by atoms with Gasteiger partial charge in [-0.1, -0.05) is 6.42 Å². The minimum Gasteiger partial charge on any atom is -0.466 e. The monoisotopic (exact) mass is 258 g/mol. The highest BCUT2D eigenvalue weighted by atomic mass is 16.5. The van der Waals surface area contributed by atoms with Crippen molar-refractivity contribution in [2.75, 3.05) is 13.2 Å². The van der Waals surface area contributed by atoms with Crippen molar-refractivity contribution in [1.29, 1.82) is 0 Å². The molecule has 0 atom stereocenters. The third-order valence-corrected chi connectivity index (χ3v) is 2.29. The molecule has 0 heterocycles. The summed E-state index contributed by atoms with van der Waals surface area (Å²) in [7, 11) is 0. The van der Waals surface area contributed by atoms with E-state index in [1.54, 1.807) is 13.8 Å². The standard InChI is InChI=1S/C13H22O5/c1-3-17-12(15)9-7-5-6-8-11(14)10-13(16)18-4-2/h3-10H2,1-2H3. The molecule has 0 aromatic heterocycles. The molecule has 0 amide bonds. The minimum atomic E-state index is -0.464. The van der Waals surface area contributed by atoms with Crippen LogP contribution in [-0.4, -0.2) is 30.9 Å². The molecule has 0 aromatic rings. The van der Waals surface area contributed by atoms with E-state index >= 15 is 0 Å². The lowest BCUT2D eigenvalue weighted by molar-refractivity contribution is -0.145. The summed E-state index contributed by atoms with van der Waals surface area (Å²) >= 11 is 0. The SMILES string of the molecule is CCOC(=O)CCCCCC(=O)CC(=O)OCC. The number of ether oxygens (including phenoxy) is 2. The molecule has 0 fully saturated rings. The lowest BCUT2D eigenvalue weighted by Gasteiger charge is -2.02. The van der Waals surface area contributed by atoms with Crippen molar-refractivity contribution in [3.63, 3.8) is 0 Å². The van der Waals surface area contributed by atoms with Crippen molar-refractivity contribution >= 4 is 17.7 Å². The topological polar surface area (TPSA) is 69.7 Å². The number of esters is 2. The van der Waals surface area contributed by atoms with Gasteiger partial charge in [-0.15, -0.1) is 0 Å². The maximum atomic E-state index is 11.3. The Kier molecular flexibility index (Phi) is 9.91. The predicted molar refractivity (Wildman–Crippen MR) is 66.0 cm³/mol. The van der Waals surface area contributed by atoms with Crippen LogP contribution >= 0.6 is 0 Å². The van der Waals surface area contributed by atoms with E-state index in [4.69, 9.17) is 4.74 Å². The van der Waals surface area contributed by atoms with Gasteiger partial charge >= 0.3 is 11.9 Å². The number of Topliss-reactive ketones (excluding diaryl/α,β-unsaturated/α-hetero) is 1. The maximum absolute atomic E-state index is 11.3. The first-order valence-corrected chi connectivity index (χ1v) is 6.43. The van der Waals surface area contributed by atoms with Crippen molar-refractivity contribution in [1.82, 2.24) is 0 Å². The van der Waals surface area contributed by atoms with Crippen LogP contribution < -0.4 is 0 Å². The first-order chi connectivity index (χ1) is 8.60. The summed E-state index contributed by atoms with van der Waals surface area (Å²) in [5, 5.41) is 0. The van der Waals surface area contributed by atoms with Gasteiger partial charge in [0, 0.05) is 12.8 Å². The molecule has 5 heteroatoms. The summed E-state index contributed by atoms with van der Waals surface area (Å²) in [6, 6.07) is 0. The molecule has 0 aliphatic heterocycles. The van der Waals surface area contributed by atoms with Crippen LogP contribution in [0.5, 0.6) is 0 Å². The van der Waals surface area contributed by atoms with Gasteiger partial charge in [0.25, 0.3) is 0 Å². The highest BCUT2D eigenvalue weighted by Crippen LogP contribution is 2.06. The Morgan fingerprint density at radius 1 is 0.778 bits per heavy atom. The molecule has 0 aliphatic rings. The largest absolute Gasteiger partial charge is 0.466 e. The Labute approximate surface area is 108 Å². The molecule has 18 heavy (non-hydrogen) atoms.